The van der Waals surface area contributed by atoms with Crippen molar-refractivity contribution < 1.29 is 26.3 Å². The largest absolute Gasteiger partial charge is 0.416 e. The zero-order valence-electron chi connectivity index (χ0n) is 8.42. The molecule has 1 aromatic rings. The zero-order chi connectivity index (χ0) is 12.7. The van der Waals surface area contributed by atoms with E-state index in [-0.39, 0.29) is 5.56 Å². The van der Waals surface area contributed by atoms with Gasteiger partial charge in [-0.3, -0.25) is 0 Å². The second-order valence-corrected chi connectivity index (χ2v) is 3.43. The van der Waals surface area contributed by atoms with Crippen LogP contribution in [0.4, 0.5) is 26.3 Å². The summed E-state index contributed by atoms with van der Waals surface area (Å²) in [5.74, 6) is 0. The highest BCUT2D eigenvalue weighted by Crippen LogP contribution is 2.40. The molecule has 0 aromatic heterocycles. The molecule has 0 unspecified atom stereocenters. The molecule has 1 aromatic carbocycles. The van der Waals surface area contributed by atoms with Crippen molar-refractivity contribution in [2.75, 3.05) is 0 Å². The Morgan fingerprint density at radius 1 is 0.812 bits per heavy atom. The molecule has 0 atom stereocenters. The average molecular weight is 242 g/mol. The summed E-state index contributed by atoms with van der Waals surface area (Å²) >= 11 is 0. The van der Waals surface area contributed by atoms with Crippen molar-refractivity contribution in [3.8, 4) is 0 Å². The van der Waals surface area contributed by atoms with Crippen molar-refractivity contribution in [1.29, 1.82) is 0 Å². The maximum absolute atomic E-state index is 12.5. The third-order valence-electron chi connectivity index (χ3n) is 2.26. The van der Waals surface area contributed by atoms with Gasteiger partial charge in [0.1, 0.15) is 0 Å². The lowest BCUT2D eigenvalue weighted by Gasteiger charge is -2.18. The molecule has 0 fully saturated rings. The second kappa shape index (κ2) is 3.68. The summed E-state index contributed by atoms with van der Waals surface area (Å²) in [6.45, 7) is 1.97. The first kappa shape index (κ1) is 12.9. The predicted molar refractivity (Wildman–Crippen MR) is 45.9 cm³/mol. The molecular formula is C10H8F6. The molecule has 90 valence electrons. The van der Waals surface area contributed by atoms with Gasteiger partial charge in [-0.1, -0.05) is 6.07 Å². The van der Waals surface area contributed by atoms with Gasteiger partial charge >= 0.3 is 12.4 Å². The van der Waals surface area contributed by atoms with Crippen LogP contribution in [0.3, 0.4) is 0 Å². The van der Waals surface area contributed by atoms with E-state index in [9.17, 15) is 26.3 Å². The van der Waals surface area contributed by atoms with E-state index < -0.39 is 29.0 Å². The van der Waals surface area contributed by atoms with Gasteiger partial charge in [-0.25, -0.2) is 0 Å². The third-order valence-corrected chi connectivity index (χ3v) is 2.26. The van der Waals surface area contributed by atoms with Gasteiger partial charge in [-0.15, -0.1) is 0 Å². The molecule has 6 heteroatoms. The molecule has 0 saturated carbocycles. The molecule has 0 N–H and O–H groups in total. The van der Waals surface area contributed by atoms with Crippen LogP contribution >= 0.6 is 0 Å². The number of benzene rings is 1. The normalized spacial score (nSPS) is 13.0. The molecule has 0 aliphatic carbocycles. The molecule has 0 amide bonds. The van der Waals surface area contributed by atoms with Crippen LogP contribution < -0.4 is 0 Å². The average Bonchev–Trinajstić information content (AvgIpc) is 1.97. The molecule has 0 radical (unpaired) electrons. The number of rotatable bonds is 0. The van der Waals surface area contributed by atoms with Crippen molar-refractivity contribution in [2.45, 2.75) is 26.2 Å². The minimum absolute atomic E-state index is 0.210. The lowest BCUT2D eigenvalue weighted by atomic mass is 9.97. The molecule has 0 saturated heterocycles. The summed E-state index contributed by atoms with van der Waals surface area (Å²) in [6.07, 6.45) is -9.53. The molecule has 0 heterocycles. The van der Waals surface area contributed by atoms with Crippen molar-refractivity contribution >= 4 is 0 Å². The van der Waals surface area contributed by atoms with Crippen LogP contribution in [0.2, 0.25) is 0 Å². The smallest absolute Gasteiger partial charge is 0.166 e. The maximum atomic E-state index is 12.5. The standard InChI is InChI=1S/C10H8F6/c1-5-3-4-7(9(11,12)13)6(2)8(5)10(14,15)16/h3-4H,1-2H3. The fourth-order valence-corrected chi connectivity index (χ4v) is 1.59. The minimum atomic E-state index is -4.77. The van der Waals surface area contributed by atoms with E-state index in [0.29, 0.717) is 6.07 Å². The maximum Gasteiger partial charge on any atom is 0.416 e. The number of halogens is 6. The van der Waals surface area contributed by atoms with Gasteiger partial charge in [0.05, 0.1) is 11.1 Å². The molecule has 16 heavy (non-hydrogen) atoms. The molecule has 0 bridgehead atoms. The van der Waals surface area contributed by atoms with E-state index in [1.54, 1.807) is 0 Å². The summed E-state index contributed by atoms with van der Waals surface area (Å²) in [7, 11) is 0. The van der Waals surface area contributed by atoms with E-state index in [0.717, 1.165) is 19.9 Å². The van der Waals surface area contributed by atoms with Crippen molar-refractivity contribution in [3.05, 3.63) is 34.4 Å². The molecule has 0 aliphatic heterocycles. The highest BCUT2D eigenvalue weighted by molar-refractivity contribution is 5.42. The Morgan fingerprint density at radius 3 is 1.69 bits per heavy atom. The fraction of sp³-hybridized carbons (Fsp3) is 0.400. The Morgan fingerprint density at radius 2 is 1.31 bits per heavy atom. The van der Waals surface area contributed by atoms with Gasteiger partial charge in [0.25, 0.3) is 0 Å². The summed E-state index contributed by atoms with van der Waals surface area (Å²) < 4.78 is 74.7. The zero-order valence-corrected chi connectivity index (χ0v) is 8.42. The van der Waals surface area contributed by atoms with Crippen LogP contribution in [0.1, 0.15) is 22.3 Å². The summed E-state index contributed by atoms with van der Waals surface area (Å²) in [4.78, 5) is 0. The van der Waals surface area contributed by atoms with Crippen molar-refractivity contribution in [3.63, 3.8) is 0 Å². The van der Waals surface area contributed by atoms with E-state index >= 15 is 0 Å². The van der Waals surface area contributed by atoms with Crippen molar-refractivity contribution in [2.24, 2.45) is 0 Å². The quantitative estimate of drug-likeness (QED) is 0.593. The second-order valence-electron chi connectivity index (χ2n) is 3.43. The first-order valence-corrected chi connectivity index (χ1v) is 4.29. The van der Waals surface area contributed by atoms with Gasteiger partial charge in [-0.2, -0.15) is 26.3 Å². The Balaban J connectivity index is 3.52. The van der Waals surface area contributed by atoms with E-state index in [1.165, 1.54) is 0 Å². The number of hydrogen-bond acceptors (Lipinski definition) is 0. The highest BCUT2D eigenvalue weighted by Gasteiger charge is 2.40. The van der Waals surface area contributed by atoms with Crippen LogP contribution in [0.15, 0.2) is 12.1 Å². The lowest BCUT2D eigenvalue weighted by Crippen LogP contribution is -2.15. The molecule has 0 spiro atoms. The van der Waals surface area contributed by atoms with E-state index in [2.05, 4.69) is 0 Å². The van der Waals surface area contributed by atoms with Gasteiger partial charge in [0.2, 0.25) is 0 Å². The molecular weight excluding hydrogens is 234 g/mol. The SMILES string of the molecule is Cc1ccc(C(F)(F)F)c(C)c1C(F)(F)F. The minimum Gasteiger partial charge on any atom is -0.166 e. The van der Waals surface area contributed by atoms with Crippen LogP contribution in [-0.2, 0) is 12.4 Å². The Labute approximate surface area is 87.9 Å². The van der Waals surface area contributed by atoms with Gasteiger partial charge in [-0.05, 0) is 31.0 Å². The van der Waals surface area contributed by atoms with E-state index in [1.807, 2.05) is 0 Å². The van der Waals surface area contributed by atoms with Crippen LogP contribution in [0, 0.1) is 13.8 Å². The van der Waals surface area contributed by atoms with Gasteiger partial charge in [0, 0.05) is 0 Å². The predicted octanol–water partition coefficient (Wildman–Crippen LogP) is 4.34. The summed E-state index contributed by atoms with van der Waals surface area (Å²) in [6, 6.07) is 1.50. The Hall–Kier alpha value is -1.20. The van der Waals surface area contributed by atoms with E-state index in [4.69, 9.17) is 0 Å². The van der Waals surface area contributed by atoms with Crippen LogP contribution in [-0.4, -0.2) is 0 Å². The first-order chi connectivity index (χ1) is 7.05. The fourth-order valence-electron chi connectivity index (χ4n) is 1.59. The third kappa shape index (κ3) is 2.31. The highest BCUT2D eigenvalue weighted by atomic mass is 19.4. The first-order valence-electron chi connectivity index (χ1n) is 4.29. The summed E-state index contributed by atoms with van der Waals surface area (Å²) in [5, 5.41) is 0. The van der Waals surface area contributed by atoms with Gasteiger partial charge < -0.3 is 0 Å². The number of aryl methyl sites for hydroxylation is 1. The Bertz CT molecular complexity index is 399. The molecule has 0 aliphatic rings. The topological polar surface area (TPSA) is 0 Å². The molecule has 1 rings (SSSR count). The lowest BCUT2D eigenvalue weighted by molar-refractivity contribution is -0.144. The van der Waals surface area contributed by atoms with Crippen LogP contribution in [0.5, 0.6) is 0 Å². The number of alkyl halides is 6. The van der Waals surface area contributed by atoms with Crippen LogP contribution in [0.25, 0.3) is 0 Å². The molecule has 0 nitrogen and oxygen atoms in total. The summed E-state index contributed by atoms with van der Waals surface area (Å²) in [5.41, 5.74) is -3.44. The monoisotopic (exact) mass is 242 g/mol. The van der Waals surface area contributed by atoms with Gasteiger partial charge in [0.15, 0.2) is 0 Å². The van der Waals surface area contributed by atoms with Crippen molar-refractivity contribution in [1.82, 2.24) is 0 Å². The number of hydrogen-bond donors (Lipinski definition) is 0. The Kier molecular flexibility index (Phi) is 2.96.